The molecule has 3 N–H and O–H groups in total. The summed E-state index contributed by atoms with van der Waals surface area (Å²) in [4.78, 5) is 34.4. The zero-order valence-corrected chi connectivity index (χ0v) is 25.3. The van der Waals surface area contributed by atoms with E-state index in [2.05, 4.69) is 33.0 Å². The minimum absolute atomic E-state index is 0.00445. The standard InChI is InChI=1S/C31H45N3O4S/c1-8-34(9-2)25(37)16-21-26-22(17-23-30(21,6)15-14-24(36)31(23,7)18-35)39-28(32-26)33-27(38)19-10-12-20(13-11-19)29(3,4)5/h10-13,21,23-24,35-36H,8-9,14-18H2,1-7H3,(H,32,33,38). The molecule has 2 aliphatic carbocycles. The summed E-state index contributed by atoms with van der Waals surface area (Å²) in [5.74, 6) is -0.302. The normalized spacial score (nSPS) is 28.4. The molecule has 4 rings (SSSR count). The number of benzene rings is 1. The second-order valence-electron chi connectivity index (χ2n) is 12.9. The Morgan fingerprint density at radius 3 is 2.36 bits per heavy atom. The third kappa shape index (κ3) is 5.40. The number of hydrogen-bond donors (Lipinski definition) is 3. The van der Waals surface area contributed by atoms with E-state index in [1.807, 2.05) is 49.9 Å². The number of amides is 2. The molecular formula is C31H45N3O4S. The van der Waals surface area contributed by atoms with Crippen molar-refractivity contribution in [3.8, 4) is 0 Å². The lowest BCUT2D eigenvalue weighted by Gasteiger charge is -2.58. The van der Waals surface area contributed by atoms with Gasteiger partial charge < -0.3 is 15.1 Å². The van der Waals surface area contributed by atoms with Crippen molar-refractivity contribution in [2.24, 2.45) is 16.7 Å². The quantitative estimate of drug-likeness (QED) is 0.426. The molecule has 1 fully saturated rings. The Balaban J connectivity index is 1.69. The number of thiazole rings is 1. The zero-order valence-electron chi connectivity index (χ0n) is 24.5. The molecule has 0 saturated heterocycles. The Morgan fingerprint density at radius 2 is 1.79 bits per heavy atom. The first-order chi connectivity index (χ1) is 18.3. The molecule has 1 saturated carbocycles. The van der Waals surface area contributed by atoms with Crippen LogP contribution in [-0.4, -0.2) is 57.7 Å². The number of hydrogen-bond acceptors (Lipinski definition) is 6. The Hall–Kier alpha value is -2.29. The monoisotopic (exact) mass is 555 g/mol. The molecule has 0 aliphatic heterocycles. The number of rotatable bonds is 7. The third-order valence-corrected chi connectivity index (χ3v) is 10.6. The number of carbonyl (C=O) groups is 2. The van der Waals surface area contributed by atoms with Crippen LogP contribution in [0.3, 0.4) is 0 Å². The van der Waals surface area contributed by atoms with Crippen molar-refractivity contribution in [2.75, 3.05) is 25.0 Å². The summed E-state index contributed by atoms with van der Waals surface area (Å²) >= 11 is 1.45. The highest BCUT2D eigenvalue weighted by molar-refractivity contribution is 7.15. The van der Waals surface area contributed by atoms with Gasteiger partial charge in [-0.15, -0.1) is 11.3 Å². The number of nitrogens with one attached hydrogen (secondary N) is 1. The van der Waals surface area contributed by atoms with Gasteiger partial charge >= 0.3 is 0 Å². The average molecular weight is 556 g/mol. The minimum Gasteiger partial charge on any atom is -0.396 e. The molecule has 0 bridgehead atoms. The molecule has 0 radical (unpaired) electrons. The van der Waals surface area contributed by atoms with Crippen molar-refractivity contribution >= 4 is 28.3 Å². The topological polar surface area (TPSA) is 103 Å². The molecular weight excluding hydrogens is 510 g/mol. The van der Waals surface area contributed by atoms with Gasteiger partial charge in [-0.2, -0.15) is 0 Å². The number of aliphatic hydroxyl groups is 2. The Kier molecular flexibility index (Phi) is 8.33. The molecule has 39 heavy (non-hydrogen) atoms. The van der Waals surface area contributed by atoms with E-state index in [0.717, 1.165) is 22.6 Å². The van der Waals surface area contributed by atoms with Gasteiger partial charge in [0.15, 0.2) is 5.13 Å². The van der Waals surface area contributed by atoms with Crippen molar-refractivity contribution in [1.82, 2.24) is 9.88 Å². The molecule has 2 aliphatic rings. The minimum atomic E-state index is -0.677. The van der Waals surface area contributed by atoms with Gasteiger partial charge in [0, 0.05) is 41.3 Å². The predicted octanol–water partition coefficient (Wildman–Crippen LogP) is 5.37. The first kappa shape index (κ1) is 29.7. The van der Waals surface area contributed by atoms with Crippen LogP contribution in [0.4, 0.5) is 5.13 Å². The molecule has 5 atom stereocenters. The fraction of sp³-hybridized carbons (Fsp3) is 0.645. The van der Waals surface area contributed by atoms with Crippen LogP contribution in [-0.2, 0) is 16.6 Å². The van der Waals surface area contributed by atoms with Gasteiger partial charge in [0.2, 0.25) is 5.91 Å². The highest BCUT2D eigenvalue weighted by Gasteiger charge is 2.59. The van der Waals surface area contributed by atoms with Gasteiger partial charge in [0.25, 0.3) is 5.91 Å². The lowest BCUT2D eigenvalue weighted by molar-refractivity contribution is -0.147. The SMILES string of the molecule is CCN(CC)C(=O)CC1c2nc(NC(=O)c3ccc(C(C)(C)C)cc3)sc2CC2C(C)(CO)C(O)CCC12C. The molecule has 214 valence electrons. The lowest BCUT2D eigenvalue weighted by Crippen LogP contribution is -2.57. The summed E-state index contributed by atoms with van der Waals surface area (Å²) in [6.45, 7) is 15.8. The zero-order chi connectivity index (χ0) is 28.8. The number of carbonyl (C=O) groups excluding carboxylic acids is 2. The van der Waals surface area contributed by atoms with Crippen LogP contribution in [0.2, 0.25) is 0 Å². The van der Waals surface area contributed by atoms with E-state index < -0.39 is 11.5 Å². The maximum Gasteiger partial charge on any atom is 0.257 e. The molecule has 2 aromatic rings. The van der Waals surface area contributed by atoms with Gasteiger partial charge in [0.05, 0.1) is 18.4 Å². The van der Waals surface area contributed by atoms with Crippen molar-refractivity contribution in [2.45, 2.75) is 91.6 Å². The fourth-order valence-electron chi connectivity index (χ4n) is 6.87. The average Bonchev–Trinajstić information content (AvgIpc) is 3.30. The second kappa shape index (κ2) is 10.9. The van der Waals surface area contributed by atoms with Gasteiger partial charge in [-0.1, -0.05) is 46.8 Å². The van der Waals surface area contributed by atoms with Gasteiger partial charge in [-0.25, -0.2) is 4.98 Å². The van der Waals surface area contributed by atoms with E-state index in [4.69, 9.17) is 4.98 Å². The van der Waals surface area contributed by atoms with Crippen molar-refractivity contribution in [1.29, 1.82) is 0 Å². The largest absolute Gasteiger partial charge is 0.396 e. The van der Waals surface area contributed by atoms with E-state index in [9.17, 15) is 19.8 Å². The van der Waals surface area contributed by atoms with E-state index in [0.29, 0.717) is 43.0 Å². The molecule has 7 nitrogen and oxygen atoms in total. The summed E-state index contributed by atoms with van der Waals surface area (Å²) in [7, 11) is 0. The van der Waals surface area contributed by atoms with Crippen LogP contribution in [0.25, 0.3) is 0 Å². The van der Waals surface area contributed by atoms with Gasteiger partial charge in [0.1, 0.15) is 0 Å². The molecule has 1 heterocycles. The summed E-state index contributed by atoms with van der Waals surface area (Å²) in [6, 6.07) is 7.67. The Morgan fingerprint density at radius 1 is 1.15 bits per heavy atom. The summed E-state index contributed by atoms with van der Waals surface area (Å²) in [6.07, 6.45) is 1.70. The van der Waals surface area contributed by atoms with E-state index >= 15 is 0 Å². The predicted molar refractivity (Wildman–Crippen MR) is 156 cm³/mol. The van der Waals surface area contributed by atoms with Crippen LogP contribution >= 0.6 is 11.3 Å². The van der Waals surface area contributed by atoms with Crippen molar-refractivity contribution in [3.63, 3.8) is 0 Å². The number of aliphatic hydroxyl groups excluding tert-OH is 2. The number of aromatic nitrogens is 1. The van der Waals surface area contributed by atoms with E-state index in [1.165, 1.54) is 11.3 Å². The van der Waals surface area contributed by atoms with Crippen LogP contribution in [0.15, 0.2) is 24.3 Å². The van der Waals surface area contributed by atoms with Crippen molar-refractivity contribution < 1.29 is 19.8 Å². The molecule has 8 heteroatoms. The fourth-order valence-corrected chi connectivity index (χ4v) is 7.93. The Labute approximate surface area is 237 Å². The number of nitrogens with zero attached hydrogens (tertiary/aromatic N) is 2. The van der Waals surface area contributed by atoms with E-state index in [-0.39, 0.29) is 41.1 Å². The molecule has 1 aromatic carbocycles. The lowest BCUT2D eigenvalue weighted by atomic mass is 9.47. The first-order valence-corrected chi connectivity index (χ1v) is 15.1. The molecule has 1 aromatic heterocycles. The van der Waals surface area contributed by atoms with Gasteiger partial charge in [-0.3, -0.25) is 14.9 Å². The Bertz CT molecular complexity index is 1200. The van der Waals surface area contributed by atoms with Crippen LogP contribution < -0.4 is 5.32 Å². The van der Waals surface area contributed by atoms with Crippen LogP contribution in [0.1, 0.15) is 100 Å². The summed E-state index contributed by atoms with van der Waals surface area (Å²) < 4.78 is 0. The highest BCUT2D eigenvalue weighted by Crippen LogP contribution is 2.63. The van der Waals surface area contributed by atoms with Crippen LogP contribution in [0, 0.1) is 16.7 Å². The summed E-state index contributed by atoms with van der Waals surface area (Å²) in [5, 5.41) is 25.0. The van der Waals surface area contributed by atoms with E-state index in [1.54, 1.807) is 0 Å². The van der Waals surface area contributed by atoms with Crippen LogP contribution in [0.5, 0.6) is 0 Å². The highest BCUT2D eigenvalue weighted by atomic mass is 32.1. The maximum atomic E-state index is 13.4. The summed E-state index contributed by atoms with van der Waals surface area (Å²) in [5.41, 5.74) is 1.63. The van der Waals surface area contributed by atoms with Crippen molar-refractivity contribution in [3.05, 3.63) is 46.0 Å². The third-order valence-electron chi connectivity index (χ3n) is 9.62. The number of fused-ring (bicyclic) bond motifs is 2. The molecule has 0 spiro atoms. The first-order valence-electron chi connectivity index (χ1n) is 14.3. The van der Waals surface area contributed by atoms with Gasteiger partial charge in [-0.05, 0) is 67.6 Å². The molecule has 2 amide bonds. The smallest absolute Gasteiger partial charge is 0.257 e. The second-order valence-corrected chi connectivity index (χ2v) is 14.0. The number of anilines is 1. The maximum absolute atomic E-state index is 13.4. The molecule has 5 unspecified atom stereocenters.